The standard InChI is InChI=1S/C14H26ClNO/c1-4-14(5-2,11-15)16-12(17)13(3)9-7-6-8-10-13/h4-11H2,1-3H3,(H,16,17). The molecule has 0 radical (unpaired) electrons. The highest BCUT2D eigenvalue weighted by atomic mass is 35.5. The lowest BCUT2D eigenvalue weighted by Crippen LogP contribution is -2.54. The Kier molecular flexibility index (Phi) is 5.30. The number of carbonyl (C=O) groups excluding carboxylic acids is 1. The SMILES string of the molecule is CCC(CC)(CCl)NC(=O)C1(C)CCCCC1. The fourth-order valence-electron chi connectivity index (χ4n) is 2.60. The molecule has 0 bridgehead atoms. The molecule has 1 aliphatic rings. The predicted molar refractivity (Wildman–Crippen MR) is 73.4 cm³/mol. The highest BCUT2D eigenvalue weighted by Gasteiger charge is 2.38. The third-order valence-electron chi connectivity index (χ3n) is 4.49. The van der Waals surface area contributed by atoms with Crippen molar-refractivity contribution in [3.8, 4) is 0 Å². The van der Waals surface area contributed by atoms with Gasteiger partial charge in [0.05, 0.1) is 5.54 Å². The number of carbonyl (C=O) groups is 1. The summed E-state index contributed by atoms with van der Waals surface area (Å²) >= 11 is 6.04. The lowest BCUT2D eigenvalue weighted by atomic mass is 9.74. The summed E-state index contributed by atoms with van der Waals surface area (Å²) in [5.74, 6) is 0.712. The van der Waals surface area contributed by atoms with E-state index in [-0.39, 0.29) is 16.9 Å². The largest absolute Gasteiger partial charge is 0.349 e. The van der Waals surface area contributed by atoms with Crippen molar-refractivity contribution in [2.45, 2.75) is 71.3 Å². The average Bonchev–Trinajstić information content (AvgIpc) is 2.37. The molecule has 17 heavy (non-hydrogen) atoms. The van der Waals surface area contributed by atoms with Gasteiger partial charge in [0.25, 0.3) is 0 Å². The minimum Gasteiger partial charge on any atom is -0.349 e. The summed E-state index contributed by atoms with van der Waals surface area (Å²) in [7, 11) is 0. The Hall–Kier alpha value is -0.240. The maximum atomic E-state index is 12.4. The van der Waals surface area contributed by atoms with Gasteiger partial charge in [-0.15, -0.1) is 11.6 Å². The van der Waals surface area contributed by atoms with Crippen molar-refractivity contribution in [1.82, 2.24) is 5.32 Å². The molecule has 0 heterocycles. The zero-order valence-electron chi connectivity index (χ0n) is 11.4. The first-order chi connectivity index (χ1) is 8.02. The van der Waals surface area contributed by atoms with E-state index in [1.807, 2.05) is 0 Å². The maximum absolute atomic E-state index is 12.4. The molecule has 1 saturated carbocycles. The van der Waals surface area contributed by atoms with Gasteiger partial charge in [0.15, 0.2) is 0 Å². The molecule has 0 aromatic carbocycles. The fourth-order valence-corrected chi connectivity index (χ4v) is 3.04. The molecule has 1 N–H and O–H groups in total. The van der Waals surface area contributed by atoms with Crippen LogP contribution in [0, 0.1) is 5.41 Å². The van der Waals surface area contributed by atoms with Gasteiger partial charge in [0, 0.05) is 11.3 Å². The minimum absolute atomic E-state index is 0.167. The molecular weight excluding hydrogens is 234 g/mol. The number of nitrogens with one attached hydrogen (secondary N) is 1. The molecule has 2 nitrogen and oxygen atoms in total. The third-order valence-corrected chi connectivity index (χ3v) is 5.00. The van der Waals surface area contributed by atoms with Crippen LogP contribution in [0.25, 0.3) is 0 Å². The van der Waals surface area contributed by atoms with Gasteiger partial charge < -0.3 is 5.32 Å². The second-order valence-corrected chi connectivity index (χ2v) is 5.96. The Morgan fingerprint density at radius 2 is 1.76 bits per heavy atom. The summed E-state index contributed by atoms with van der Waals surface area (Å²) < 4.78 is 0. The minimum atomic E-state index is -0.209. The first-order valence-corrected chi connectivity index (χ1v) is 7.44. The van der Waals surface area contributed by atoms with Crippen molar-refractivity contribution in [3.05, 3.63) is 0 Å². The van der Waals surface area contributed by atoms with Gasteiger partial charge in [-0.05, 0) is 25.7 Å². The van der Waals surface area contributed by atoms with Crippen LogP contribution in [0.15, 0.2) is 0 Å². The molecule has 0 aromatic rings. The molecule has 0 spiro atoms. The zero-order valence-corrected chi connectivity index (χ0v) is 12.2. The van der Waals surface area contributed by atoms with E-state index in [2.05, 4.69) is 26.1 Å². The van der Waals surface area contributed by atoms with Gasteiger partial charge in [0.1, 0.15) is 0 Å². The van der Waals surface area contributed by atoms with Gasteiger partial charge in [-0.3, -0.25) is 4.79 Å². The van der Waals surface area contributed by atoms with Crippen LogP contribution >= 0.6 is 11.6 Å². The molecule has 0 aromatic heterocycles. The third kappa shape index (κ3) is 3.37. The first-order valence-electron chi connectivity index (χ1n) is 6.90. The predicted octanol–water partition coefficient (Wildman–Crippen LogP) is 3.87. The van der Waals surface area contributed by atoms with Gasteiger partial charge in [0.2, 0.25) is 5.91 Å². The Balaban J connectivity index is 2.69. The Bertz CT molecular complexity index is 247. The molecule has 3 heteroatoms. The van der Waals surface area contributed by atoms with Crippen molar-refractivity contribution < 1.29 is 4.79 Å². The van der Waals surface area contributed by atoms with Gasteiger partial charge in [-0.1, -0.05) is 40.0 Å². The van der Waals surface area contributed by atoms with Crippen molar-refractivity contribution in [2.75, 3.05) is 5.88 Å². The summed E-state index contributed by atoms with van der Waals surface area (Å²) in [4.78, 5) is 12.4. The summed E-state index contributed by atoms with van der Waals surface area (Å²) in [5.41, 5.74) is -0.376. The number of halogens is 1. The van der Waals surface area contributed by atoms with Crippen LogP contribution in [-0.2, 0) is 4.79 Å². The van der Waals surface area contributed by atoms with Crippen molar-refractivity contribution in [1.29, 1.82) is 0 Å². The molecule has 1 fully saturated rings. The Labute approximate surface area is 110 Å². The molecule has 100 valence electrons. The quantitative estimate of drug-likeness (QED) is 0.746. The normalized spacial score (nSPS) is 20.0. The summed E-state index contributed by atoms with van der Waals surface area (Å²) in [6.07, 6.45) is 7.45. The fraction of sp³-hybridized carbons (Fsp3) is 0.929. The molecule has 1 aliphatic carbocycles. The van der Waals surface area contributed by atoms with Crippen LogP contribution in [0.1, 0.15) is 65.7 Å². The molecule has 0 unspecified atom stereocenters. The van der Waals surface area contributed by atoms with Crippen LogP contribution in [0.3, 0.4) is 0 Å². The smallest absolute Gasteiger partial charge is 0.226 e. The molecule has 0 aliphatic heterocycles. The van der Waals surface area contributed by atoms with E-state index < -0.39 is 0 Å². The van der Waals surface area contributed by atoms with E-state index in [0.29, 0.717) is 5.88 Å². The van der Waals surface area contributed by atoms with Gasteiger partial charge >= 0.3 is 0 Å². The number of hydrogen-bond acceptors (Lipinski definition) is 1. The van der Waals surface area contributed by atoms with Crippen LogP contribution in [0.5, 0.6) is 0 Å². The van der Waals surface area contributed by atoms with Crippen molar-refractivity contribution in [3.63, 3.8) is 0 Å². The van der Waals surface area contributed by atoms with E-state index in [4.69, 9.17) is 11.6 Å². The van der Waals surface area contributed by atoms with E-state index in [9.17, 15) is 4.79 Å². The highest BCUT2D eigenvalue weighted by Crippen LogP contribution is 2.36. The summed E-state index contributed by atoms with van der Waals surface area (Å²) in [5, 5.41) is 3.22. The zero-order chi connectivity index (χ0) is 12.9. The average molecular weight is 260 g/mol. The highest BCUT2D eigenvalue weighted by molar-refractivity contribution is 6.18. The van der Waals surface area contributed by atoms with Gasteiger partial charge in [-0.2, -0.15) is 0 Å². The number of amides is 1. The number of hydrogen-bond donors (Lipinski definition) is 1. The van der Waals surface area contributed by atoms with Crippen LogP contribution in [0.2, 0.25) is 0 Å². The first kappa shape index (κ1) is 14.8. The van der Waals surface area contributed by atoms with E-state index in [1.54, 1.807) is 0 Å². The molecule has 1 amide bonds. The van der Waals surface area contributed by atoms with Crippen LogP contribution < -0.4 is 5.32 Å². The van der Waals surface area contributed by atoms with Crippen molar-refractivity contribution >= 4 is 17.5 Å². The number of alkyl halides is 1. The lowest BCUT2D eigenvalue weighted by Gasteiger charge is -2.38. The second kappa shape index (κ2) is 6.08. The topological polar surface area (TPSA) is 29.1 Å². The summed E-state index contributed by atoms with van der Waals surface area (Å²) in [6, 6.07) is 0. The maximum Gasteiger partial charge on any atom is 0.226 e. The van der Waals surface area contributed by atoms with E-state index in [1.165, 1.54) is 19.3 Å². The van der Waals surface area contributed by atoms with Crippen molar-refractivity contribution in [2.24, 2.45) is 5.41 Å². The monoisotopic (exact) mass is 259 g/mol. The van der Waals surface area contributed by atoms with Crippen LogP contribution in [-0.4, -0.2) is 17.3 Å². The van der Waals surface area contributed by atoms with Crippen LogP contribution in [0.4, 0.5) is 0 Å². The number of rotatable bonds is 5. The summed E-state index contributed by atoms with van der Waals surface area (Å²) in [6.45, 7) is 6.29. The molecule has 0 saturated heterocycles. The Morgan fingerprint density at radius 3 is 2.18 bits per heavy atom. The van der Waals surface area contributed by atoms with E-state index >= 15 is 0 Å². The van der Waals surface area contributed by atoms with Gasteiger partial charge in [-0.25, -0.2) is 0 Å². The lowest BCUT2D eigenvalue weighted by molar-refractivity contribution is -0.133. The van der Waals surface area contributed by atoms with E-state index in [0.717, 1.165) is 25.7 Å². The second-order valence-electron chi connectivity index (χ2n) is 5.70. The Morgan fingerprint density at radius 1 is 1.24 bits per heavy atom. The molecular formula is C14H26ClNO. The molecule has 1 rings (SSSR count). The molecule has 0 atom stereocenters.